The Balaban J connectivity index is 1.95. The normalized spacial score (nSPS) is 20.1. The van der Waals surface area contributed by atoms with Gasteiger partial charge in [-0.1, -0.05) is 6.07 Å². The van der Waals surface area contributed by atoms with Crippen LogP contribution in [0, 0.1) is 0 Å². The van der Waals surface area contributed by atoms with Crippen molar-refractivity contribution >= 4 is 16.8 Å². The van der Waals surface area contributed by atoms with Crippen molar-refractivity contribution in [3.63, 3.8) is 0 Å². The van der Waals surface area contributed by atoms with Gasteiger partial charge in [-0.25, -0.2) is 0 Å². The molecule has 1 fully saturated rings. The number of hydrogen-bond acceptors (Lipinski definition) is 3. The van der Waals surface area contributed by atoms with Crippen LogP contribution in [-0.2, 0) is 11.8 Å². The van der Waals surface area contributed by atoms with Crippen LogP contribution >= 0.6 is 0 Å². The molecule has 5 heteroatoms. The maximum Gasteiger partial charge on any atom is 0.254 e. The Morgan fingerprint density at radius 3 is 3.10 bits per heavy atom. The minimum atomic E-state index is -0.614. The first kappa shape index (κ1) is 13.1. The van der Waals surface area contributed by atoms with Crippen LogP contribution in [0.25, 0.3) is 10.9 Å². The number of β-amino-alcohol motifs (C(OH)–C–C–N with tert-alkyl or cyclic N) is 1. The summed E-state index contributed by atoms with van der Waals surface area (Å²) in [6, 6.07) is 7.67. The standard InChI is InChI=1S/C15H18N2O3/c1-16-6-5-12-13(3-2-4-14(12)16)15(19)17-7-8-20-10-11(18)9-17/h2-6,11,18H,7-10H2,1H3. The number of aromatic nitrogens is 1. The van der Waals surface area contributed by atoms with Gasteiger partial charge >= 0.3 is 0 Å². The average molecular weight is 274 g/mol. The summed E-state index contributed by atoms with van der Waals surface area (Å²) < 4.78 is 7.26. The minimum Gasteiger partial charge on any atom is -0.389 e. The SMILES string of the molecule is Cn1ccc2c(C(=O)N3CCOCC(O)C3)cccc21. The summed E-state index contributed by atoms with van der Waals surface area (Å²) >= 11 is 0. The van der Waals surface area contributed by atoms with Gasteiger partial charge in [0.05, 0.1) is 19.3 Å². The third-order valence-corrected chi connectivity index (χ3v) is 3.69. The second-order valence-corrected chi connectivity index (χ2v) is 5.14. The molecule has 2 heterocycles. The molecule has 0 radical (unpaired) electrons. The van der Waals surface area contributed by atoms with Crippen LogP contribution in [0.3, 0.4) is 0 Å². The molecular formula is C15H18N2O3. The molecule has 0 saturated carbocycles. The monoisotopic (exact) mass is 274 g/mol. The molecule has 0 bridgehead atoms. The second kappa shape index (κ2) is 5.26. The summed E-state index contributed by atoms with van der Waals surface area (Å²) in [6.07, 6.45) is 1.33. The van der Waals surface area contributed by atoms with E-state index in [2.05, 4.69) is 0 Å². The van der Waals surface area contributed by atoms with Crippen LogP contribution in [0.5, 0.6) is 0 Å². The topological polar surface area (TPSA) is 54.7 Å². The van der Waals surface area contributed by atoms with Gasteiger partial charge in [0, 0.05) is 42.8 Å². The van der Waals surface area contributed by atoms with E-state index in [0.29, 0.717) is 31.9 Å². The van der Waals surface area contributed by atoms with Gasteiger partial charge in [0.25, 0.3) is 5.91 Å². The largest absolute Gasteiger partial charge is 0.389 e. The number of aryl methyl sites for hydroxylation is 1. The zero-order chi connectivity index (χ0) is 14.1. The van der Waals surface area contributed by atoms with E-state index in [1.54, 1.807) is 4.90 Å². The van der Waals surface area contributed by atoms with Crippen LogP contribution in [0.4, 0.5) is 0 Å². The van der Waals surface area contributed by atoms with Gasteiger partial charge in [0.2, 0.25) is 0 Å². The van der Waals surface area contributed by atoms with Crippen molar-refractivity contribution in [2.75, 3.05) is 26.3 Å². The number of carbonyl (C=O) groups excluding carboxylic acids is 1. The zero-order valence-corrected chi connectivity index (χ0v) is 11.5. The molecule has 1 unspecified atom stereocenters. The van der Waals surface area contributed by atoms with Crippen molar-refractivity contribution in [1.82, 2.24) is 9.47 Å². The smallest absolute Gasteiger partial charge is 0.254 e. The van der Waals surface area contributed by atoms with Gasteiger partial charge < -0.3 is 19.3 Å². The van der Waals surface area contributed by atoms with Crippen LogP contribution < -0.4 is 0 Å². The molecule has 1 aliphatic rings. The van der Waals surface area contributed by atoms with Crippen molar-refractivity contribution in [2.45, 2.75) is 6.10 Å². The lowest BCUT2D eigenvalue weighted by Crippen LogP contribution is -2.37. The molecule has 1 atom stereocenters. The molecule has 1 amide bonds. The van der Waals surface area contributed by atoms with Crippen molar-refractivity contribution in [2.24, 2.45) is 7.05 Å². The quantitative estimate of drug-likeness (QED) is 0.844. The van der Waals surface area contributed by atoms with Gasteiger partial charge in [-0.2, -0.15) is 0 Å². The second-order valence-electron chi connectivity index (χ2n) is 5.14. The number of rotatable bonds is 1. The molecule has 1 aliphatic heterocycles. The molecule has 2 aromatic rings. The lowest BCUT2D eigenvalue weighted by Gasteiger charge is -2.21. The maximum atomic E-state index is 12.7. The summed E-state index contributed by atoms with van der Waals surface area (Å²) in [4.78, 5) is 14.3. The Morgan fingerprint density at radius 1 is 1.40 bits per heavy atom. The number of nitrogens with zero attached hydrogens (tertiary/aromatic N) is 2. The molecule has 106 valence electrons. The minimum absolute atomic E-state index is 0.0497. The molecule has 5 nitrogen and oxygen atoms in total. The van der Waals surface area contributed by atoms with Crippen LogP contribution in [0.2, 0.25) is 0 Å². The van der Waals surface area contributed by atoms with Crippen LogP contribution in [0.15, 0.2) is 30.5 Å². The summed E-state index contributed by atoms with van der Waals surface area (Å²) in [6.45, 7) is 1.59. The maximum absolute atomic E-state index is 12.7. The molecule has 0 aliphatic carbocycles. The Morgan fingerprint density at radius 2 is 2.25 bits per heavy atom. The number of ether oxygens (including phenoxy) is 1. The molecule has 1 N–H and O–H groups in total. The van der Waals surface area contributed by atoms with Crippen molar-refractivity contribution in [3.05, 3.63) is 36.0 Å². The average Bonchev–Trinajstić information content (AvgIpc) is 2.69. The predicted molar refractivity (Wildman–Crippen MR) is 75.6 cm³/mol. The highest BCUT2D eigenvalue weighted by Crippen LogP contribution is 2.21. The Bertz CT molecular complexity index is 635. The van der Waals surface area contributed by atoms with E-state index < -0.39 is 6.10 Å². The van der Waals surface area contributed by atoms with Crippen molar-refractivity contribution in [1.29, 1.82) is 0 Å². The van der Waals surface area contributed by atoms with Crippen LogP contribution in [-0.4, -0.2) is 52.9 Å². The fraction of sp³-hybridized carbons (Fsp3) is 0.400. The summed E-state index contributed by atoms with van der Waals surface area (Å²) in [5, 5.41) is 10.7. The molecule has 1 saturated heterocycles. The fourth-order valence-corrected chi connectivity index (χ4v) is 2.64. The van der Waals surface area contributed by atoms with Gasteiger partial charge in [-0.05, 0) is 18.2 Å². The highest BCUT2D eigenvalue weighted by molar-refractivity contribution is 6.06. The number of aliphatic hydroxyl groups is 1. The third kappa shape index (κ3) is 2.30. The number of hydrogen-bond donors (Lipinski definition) is 1. The van der Waals surface area contributed by atoms with E-state index >= 15 is 0 Å². The summed E-state index contributed by atoms with van der Waals surface area (Å²) in [7, 11) is 1.96. The number of fused-ring (bicyclic) bond motifs is 1. The first-order valence-electron chi connectivity index (χ1n) is 6.76. The number of aliphatic hydroxyl groups excluding tert-OH is 1. The Kier molecular flexibility index (Phi) is 3.46. The third-order valence-electron chi connectivity index (χ3n) is 3.69. The van der Waals surface area contributed by atoms with E-state index in [4.69, 9.17) is 4.74 Å². The van der Waals surface area contributed by atoms with E-state index in [1.165, 1.54) is 0 Å². The number of benzene rings is 1. The van der Waals surface area contributed by atoms with E-state index in [1.807, 2.05) is 42.1 Å². The van der Waals surface area contributed by atoms with Crippen LogP contribution in [0.1, 0.15) is 10.4 Å². The Hall–Kier alpha value is -1.85. The van der Waals surface area contributed by atoms with Gasteiger partial charge in [-0.15, -0.1) is 0 Å². The van der Waals surface area contributed by atoms with Gasteiger partial charge in [0.15, 0.2) is 0 Å². The zero-order valence-electron chi connectivity index (χ0n) is 11.5. The lowest BCUT2D eigenvalue weighted by atomic mass is 10.1. The van der Waals surface area contributed by atoms with E-state index in [9.17, 15) is 9.90 Å². The molecule has 3 rings (SSSR count). The first-order valence-corrected chi connectivity index (χ1v) is 6.76. The molecule has 1 aromatic carbocycles. The van der Waals surface area contributed by atoms with E-state index in [-0.39, 0.29) is 5.91 Å². The predicted octanol–water partition coefficient (Wildman–Crippen LogP) is 1.01. The van der Waals surface area contributed by atoms with E-state index in [0.717, 1.165) is 10.9 Å². The summed E-state index contributed by atoms with van der Waals surface area (Å²) in [5.74, 6) is -0.0497. The lowest BCUT2D eigenvalue weighted by molar-refractivity contribution is 0.0535. The fourth-order valence-electron chi connectivity index (χ4n) is 2.64. The number of carbonyl (C=O) groups is 1. The highest BCUT2D eigenvalue weighted by atomic mass is 16.5. The van der Waals surface area contributed by atoms with Gasteiger partial charge in [0.1, 0.15) is 0 Å². The molecule has 1 aromatic heterocycles. The molecule has 0 spiro atoms. The number of amides is 1. The van der Waals surface area contributed by atoms with Crippen molar-refractivity contribution in [3.8, 4) is 0 Å². The van der Waals surface area contributed by atoms with Crippen molar-refractivity contribution < 1.29 is 14.6 Å². The molecule has 20 heavy (non-hydrogen) atoms. The van der Waals surface area contributed by atoms with Gasteiger partial charge in [-0.3, -0.25) is 4.79 Å². The first-order chi connectivity index (χ1) is 9.66. The molecular weight excluding hydrogens is 256 g/mol. The Labute approximate surface area is 117 Å². The summed E-state index contributed by atoms with van der Waals surface area (Å²) in [5.41, 5.74) is 1.71. The highest BCUT2D eigenvalue weighted by Gasteiger charge is 2.23.